The zero-order valence-electron chi connectivity index (χ0n) is 12.0. The van der Waals surface area contributed by atoms with Crippen molar-refractivity contribution in [2.24, 2.45) is 0 Å². The molecular formula is C15H12AuBrNO4. The number of cyclic esters (lactones) is 2. The van der Waals surface area contributed by atoms with Crippen LogP contribution in [0.2, 0.25) is 0 Å². The van der Waals surface area contributed by atoms with Crippen LogP contribution in [0.15, 0.2) is 32.0 Å². The van der Waals surface area contributed by atoms with Gasteiger partial charge in [0.25, 0.3) is 0 Å². The van der Waals surface area contributed by atoms with Crippen LogP contribution < -0.4 is 3.78 Å². The number of esters is 2. The van der Waals surface area contributed by atoms with Crippen molar-refractivity contribution in [3.63, 3.8) is 0 Å². The first-order valence-corrected chi connectivity index (χ1v) is 9.14. The molecule has 0 amide bonds. The fourth-order valence-corrected chi connectivity index (χ4v) is 4.59. The number of allylic oxidation sites excluding steroid dienone is 1. The van der Waals surface area contributed by atoms with Gasteiger partial charge in [-0.05, 0) is 0 Å². The molecule has 0 radical (unpaired) electrons. The molecule has 1 aromatic rings. The van der Waals surface area contributed by atoms with Crippen LogP contribution in [0, 0.1) is 11.3 Å². The third-order valence-electron chi connectivity index (χ3n) is 2.62. The van der Waals surface area contributed by atoms with E-state index >= 15 is 0 Å². The Morgan fingerprint density at radius 2 is 1.86 bits per heavy atom. The quantitative estimate of drug-likeness (QED) is 0.246. The number of rotatable bonds is 2. The summed E-state index contributed by atoms with van der Waals surface area (Å²) in [6.45, 7) is 4.71. The SMILES string of the molecule is C[C]([Au][c]1ccc(Br)cc1C#N)=C1C(=O)OC(C)(C)OC1=O. The molecule has 5 nitrogen and oxygen atoms in total. The minimum absolute atomic E-state index is 0.0622. The molecule has 22 heavy (non-hydrogen) atoms. The fourth-order valence-electron chi connectivity index (χ4n) is 1.71. The Morgan fingerprint density at radius 3 is 2.41 bits per heavy atom. The van der Waals surface area contributed by atoms with E-state index < -0.39 is 37.5 Å². The molecule has 0 aromatic heterocycles. The van der Waals surface area contributed by atoms with Gasteiger partial charge in [-0.25, -0.2) is 0 Å². The molecule has 1 heterocycles. The van der Waals surface area contributed by atoms with Crippen molar-refractivity contribution in [2.75, 3.05) is 0 Å². The van der Waals surface area contributed by atoms with Crippen LogP contribution >= 0.6 is 15.9 Å². The number of carbonyl (C=O) groups excluding carboxylic acids is 2. The summed E-state index contributed by atoms with van der Waals surface area (Å²) in [6, 6.07) is 7.47. The van der Waals surface area contributed by atoms with Crippen LogP contribution in [0.1, 0.15) is 26.3 Å². The number of benzene rings is 1. The van der Waals surface area contributed by atoms with Gasteiger partial charge in [-0.3, -0.25) is 0 Å². The van der Waals surface area contributed by atoms with E-state index in [1.807, 2.05) is 12.1 Å². The van der Waals surface area contributed by atoms with Crippen molar-refractivity contribution < 1.29 is 38.8 Å². The van der Waals surface area contributed by atoms with Crippen molar-refractivity contribution in [2.45, 2.75) is 26.6 Å². The van der Waals surface area contributed by atoms with E-state index in [1.54, 1.807) is 13.0 Å². The Balaban J connectivity index is 2.36. The number of halogens is 1. The zero-order valence-corrected chi connectivity index (χ0v) is 15.7. The van der Waals surface area contributed by atoms with E-state index in [0.29, 0.717) is 9.35 Å². The first-order valence-electron chi connectivity index (χ1n) is 6.18. The summed E-state index contributed by atoms with van der Waals surface area (Å²) in [4.78, 5) is 24.0. The molecule has 119 valence electrons. The summed E-state index contributed by atoms with van der Waals surface area (Å²) < 4.78 is 12.4. The number of nitriles is 1. The van der Waals surface area contributed by atoms with Crippen LogP contribution in [-0.4, -0.2) is 17.7 Å². The van der Waals surface area contributed by atoms with Crippen LogP contribution in [0.25, 0.3) is 0 Å². The Hall–Kier alpha value is -1.39. The number of hydrogen-bond donors (Lipinski definition) is 0. The minimum atomic E-state index is -1.25. The molecule has 0 atom stereocenters. The average molecular weight is 547 g/mol. The summed E-state index contributed by atoms with van der Waals surface area (Å²) in [6.07, 6.45) is 0. The van der Waals surface area contributed by atoms with E-state index in [2.05, 4.69) is 22.0 Å². The number of nitrogens with zero attached hydrogens (tertiary/aromatic N) is 1. The fraction of sp³-hybridized carbons (Fsp3) is 0.267. The molecule has 0 spiro atoms. The van der Waals surface area contributed by atoms with Gasteiger partial charge >= 0.3 is 146 Å². The second kappa shape index (κ2) is 6.39. The summed E-state index contributed by atoms with van der Waals surface area (Å²) in [5.74, 6) is -2.60. The molecule has 1 aliphatic heterocycles. The summed E-state index contributed by atoms with van der Waals surface area (Å²) in [5.41, 5.74) is 0.460. The molecular weight excluding hydrogens is 535 g/mol. The Labute approximate surface area is 145 Å². The van der Waals surface area contributed by atoms with Crippen LogP contribution in [0.5, 0.6) is 0 Å². The van der Waals surface area contributed by atoms with Crippen molar-refractivity contribution in [3.05, 3.63) is 37.6 Å². The normalized spacial score (nSPS) is 16.8. The van der Waals surface area contributed by atoms with Gasteiger partial charge in [-0.15, -0.1) is 0 Å². The third-order valence-corrected chi connectivity index (χ3v) is 6.00. The van der Waals surface area contributed by atoms with Crippen LogP contribution in [0.3, 0.4) is 0 Å². The predicted octanol–water partition coefficient (Wildman–Crippen LogP) is 2.14. The van der Waals surface area contributed by atoms with Crippen LogP contribution in [0.4, 0.5) is 0 Å². The first kappa shape index (κ1) is 17.0. The standard InChI is InChI=1S/C8H9O4.C7H3BrN.Au/c1-4-5-6(9)11-8(2,3)12-7(5)10;8-7-3-1-2-6(4-7)5-9;/h1-3H3;1,3-4H;. The second-order valence-electron chi connectivity index (χ2n) is 4.80. The van der Waals surface area contributed by atoms with E-state index in [4.69, 9.17) is 9.47 Å². The van der Waals surface area contributed by atoms with Gasteiger partial charge in [-0.1, -0.05) is 0 Å². The van der Waals surface area contributed by atoms with Gasteiger partial charge in [0, 0.05) is 0 Å². The molecule has 2 rings (SSSR count). The van der Waals surface area contributed by atoms with E-state index in [0.717, 1.165) is 8.25 Å². The molecule has 0 aliphatic carbocycles. The van der Waals surface area contributed by atoms with Gasteiger partial charge in [0.15, 0.2) is 0 Å². The predicted molar refractivity (Wildman–Crippen MR) is 77.5 cm³/mol. The van der Waals surface area contributed by atoms with Gasteiger partial charge in [0.1, 0.15) is 0 Å². The first-order chi connectivity index (χ1) is 10.2. The topological polar surface area (TPSA) is 76.4 Å². The van der Waals surface area contributed by atoms with Crippen molar-refractivity contribution in [1.29, 1.82) is 5.26 Å². The van der Waals surface area contributed by atoms with Crippen molar-refractivity contribution >= 4 is 31.6 Å². The molecule has 1 saturated heterocycles. The van der Waals surface area contributed by atoms with E-state index in [-0.39, 0.29) is 5.57 Å². The molecule has 0 saturated carbocycles. The van der Waals surface area contributed by atoms with Crippen molar-refractivity contribution in [3.8, 4) is 6.07 Å². The van der Waals surface area contributed by atoms with E-state index in [9.17, 15) is 14.9 Å². The maximum atomic E-state index is 12.0. The van der Waals surface area contributed by atoms with Crippen LogP contribution in [-0.2, 0) is 38.8 Å². The number of carbonyl (C=O) groups is 2. The Morgan fingerprint density at radius 1 is 1.27 bits per heavy atom. The summed E-state index contributed by atoms with van der Waals surface area (Å²) >= 11 is 2.59. The number of ether oxygens (including phenoxy) is 2. The van der Waals surface area contributed by atoms with Crippen molar-refractivity contribution in [1.82, 2.24) is 0 Å². The van der Waals surface area contributed by atoms with Gasteiger partial charge in [0.05, 0.1) is 0 Å². The molecule has 1 aliphatic rings. The monoisotopic (exact) mass is 546 g/mol. The molecule has 0 bridgehead atoms. The Kier molecular flexibility index (Phi) is 4.93. The molecule has 1 aromatic carbocycles. The van der Waals surface area contributed by atoms with E-state index in [1.165, 1.54) is 13.8 Å². The van der Waals surface area contributed by atoms with Gasteiger partial charge < -0.3 is 0 Å². The van der Waals surface area contributed by atoms with Gasteiger partial charge in [0.2, 0.25) is 0 Å². The number of hydrogen-bond acceptors (Lipinski definition) is 5. The molecule has 0 unspecified atom stereocenters. The summed E-state index contributed by atoms with van der Waals surface area (Å²) in [5, 5.41) is 9.18. The molecule has 0 N–H and O–H groups in total. The zero-order chi connectivity index (χ0) is 16.5. The molecule has 7 heteroatoms. The summed E-state index contributed by atoms with van der Waals surface area (Å²) in [7, 11) is 0. The Bertz CT molecular complexity index is 712. The third kappa shape index (κ3) is 3.68. The second-order valence-corrected chi connectivity index (χ2v) is 9.05. The average Bonchev–Trinajstić information content (AvgIpc) is 2.38. The van der Waals surface area contributed by atoms with Gasteiger partial charge in [-0.2, -0.15) is 0 Å². The maximum absolute atomic E-state index is 12.0. The molecule has 1 fully saturated rings.